The Balaban J connectivity index is 2.16. The van der Waals surface area contributed by atoms with Crippen LogP contribution in [0, 0.1) is 5.92 Å². The lowest BCUT2D eigenvalue weighted by molar-refractivity contribution is 0.371. The molecule has 3 N–H and O–H groups in total. The van der Waals surface area contributed by atoms with E-state index in [0.29, 0.717) is 11.1 Å². The average molecular weight is 215 g/mol. The molecule has 78 valence electrons. The van der Waals surface area contributed by atoms with Crippen molar-refractivity contribution >= 4 is 11.6 Å². The van der Waals surface area contributed by atoms with Crippen molar-refractivity contribution in [2.24, 2.45) is 11.8 Å². The topological polar surface area (TPSA) is 51.2 Å². The van der Waals surface area contributed by atoms with Crippen molar-refractivity contribution in [3.05, 3.63) is 23.1 Å². The van der Waals surface area contributed by atoms with Crippen LogP contribution in [0.15, 0.2) is 16.7 Å². The smallest absolute Gasteiger partial charge is 0.197 e. The molecule has 1 saturated carbocycles. The lowest BCUT2D eigenvalue weighted by Crippen LogP contribution is -2.32. The first-order valence-corrected chi connectivity index (χ1v) is 5.39. The third-order valence-corrected chi connectivity index (χ3v) is 3.34. The van der Waals surface area contributed by atoms with Crippen molar-refractivity contribution < 1.29 is 4.42 Å². The van der Waals surface area contributed by atoms with Crippen LogP contribution in [0.2, 0.25) is 5.22 Å². The van der Waals surface area contributed by atoms with Gasteiger partial charge < -0.3 is 4.42 Å². The van der Waals surface area contributed by atoms with Gasteiger partial charge in [0.25, 0.3) is 0 Å². The zero-order valence-corrected chi connectivity index (χ0v) is 8.76. The highest BCUT2D eigenvalue weighted by molar-refractivity contribution is 6.29. The molecule has 1 fully saturated rings. The summed E-state index contributed by atoms with van der Waals surface area (Å²) in [5, 5.41) is 0.458. The number of hydrogen-bond acceptors (Lipinski definition) is 3. The van der Waals surface area contributed by atoms with E-state index in [9.17, 15) is 0 Å². The Hall–Kier alpha value is -0.510. The van der Waals surface area contributed by atoms with Gasteiger partial charge in [0.15, 0.2) is 5.22 Å². The number of nitrogens with two attached hydrogens (primary N) is 1. The van der Waals surface area contributed by atoms with Crippen LogP contribution in [0.4, 0.5) is 0 Å². The summed E-state index contributed by atoms with van der Waals surface area (Å²) in [6, 6.07) is 2.04. The van der Waals surface area contributed by atoms with Gasteiger partial charge in [-0.2, -0.15) is 0 Å². The van der Waals surface area contributed by atoms with Gasteiger partial charge >= 0.3 is 0 Å². The molecule has 0 aromatic carbocycles. The lowest BCUT2D eigenvalue weighted by atomic mass is 9.94. The Morgan fingerprint density at radius 2 is 2.21 bits per heavy atom. The van der Waals surface area contributed by atoms with Gasteiger partial charge in [0.05, 0.1) is 12.3 Å². The number of rotatable bonds is 3. The molecule has 0 spiro atoms. The Morgan fingerprint density at radius 3 is 2.71 bits per heavy atom. The molecule has 0 radical (unpaired) electrons. The second-order valence-electron chi connectivity index (χ2n) is 3.84. The van der Waals surface area contributed by atoms with Crippen molar-refractivity contribution in [3.63, 3.8) is 0 Å². The molecule has 1 aliphatic rings. The molecular formula is C10H15ClN2O. The molecule has 1 aromatic rings. The van der Waals surface area contributed by atoms with Gasteiger partial charge in [0.2, 0.25) is 0 Å². The molecule has 3 nitrogen and oxygen atoms in total. The van der Waals surface area contributed by atoms with Gasteiger partial charge in [-0.25, -0.2) is 0 Å². The van der Waals surface area contributed by atoms with Gasteiger partial charge in [-0.05, 0) is 36.4 Å². The van der Waals surface area contributed by atoms with E-state index in [1.807, 2.05) is 6.07 Å². The predicted molar refractivity (Wildman–Crippen MR) is 55.7 cm³/mol. The maximum absolute atomic E-state index is 5.93. The van der Waals surface area contributed by atoms with E-state index < -0.39 is 0 Å². The molecule has 1 atom stereocenters. The largest absolute Gasteiger partial charge is 0.453 e. The molecule has 1 aromatic heterocycles. The van der Waals surface area contributed by atoms with Crippen LogP contribution in [-0.4, -0.2) is 0 Å². The van der Waals surface area contributed by atoms with Crippen LogP contribution in [0.25, 0.3) is 0 Å². The maximum atomic E-state index is 5.93. The fourth-order valence-corrected chi connectivity index (χ4v) is 2.53. The van der Waals surface area contributed by atoms with Gasteiger partial charge in [0.1, 0.15) is 0 Å². The highest BCUT2D eigenvalue weighted by atomic mass is 35.5. The standard InChI is InChI=1S/C10H15ClN2O/c11-10-8(5-6-14-10)9(13-12)7-3-1-2-4-7/h5-7,9,13H,1-4,12H2. The second kappa shape index (κ2) is 4.34. The minimum Gasteiger partial charge on any atom is -0.453 e. The number of hydrazine groups is 1. The maximum Gasteiger partial charge on any atom is 0.197 e. The van der Waals surface area contributed by atoms with Crippen LogP contribution in [0.3, 0.4) is 0 Å². The molecule has 14 heavy (non-hydrogen) atoms. The van der Waals surface area contributed by atoms with E-state index in [-0.39, 0.29) is 6.04 Å². The van der Waals surface area contributed by atoms with E-state index in [4.69, 9.17) is 21.9 Å². The first kappa shape index (κ1) is 10.0. The van der Waals surface area contributed by atoms with Crippen LogP contribution < -0.4 is 11.3 Å². The Kier molecular flexibility index (Phi) is 3.11. The third-order valence-electron chi connectivity index (χ3n) is 3.03. The van der Waals surface area contributed by atoms with E-state index in [2.05, 4.69) is 5.43 Å². The fourth-order valence-electron chi connectivity index (χ4n) is 2.30. The SMILES string of the molecule is NNC(c1ccoc1Cl)C1CCCC1. The highest BCUT2D eigenvalue weighted by Crippen LogP contribution is 2.37. The van der Waals surface area contributed by atoms with Crippen LogP contribution >= 0.6 is 11.6 Å². The highest BCUT2D eigenvalue weighted by Gasteiger charge is 2.27. The summed E-state index contributed by atoms with van der Waals surface area (Å²) < 4.78 is 5.08. The van der Waals surface area contributed by atoms with Crippen molar-refractivity contribution in [1.82, 2.24) is 5.43 Å². The molecule has 2 rings (SSSR count). The van der Waals surface area contributed by atoms with E-state index in [1.54, 1.807) is 6.26 Å². The quantitative estimate of drug-likeness (QED) is 0.601. The van der Waals surface area contributed by atoms with Gasteiger partial charge in [0, 0.05) is 5.56 Å². The van der Waals surface area contributed by atoms with E-state index >= 15 is 0 Å². The summed E-state index contributed by atoms with van der Waals surface area (Å²) in [4.78, 5) is 0. The summed E-state index contributed by atoms with van der Waals surface area (Å²) >= 11 is 5.93. The zero-order chi connectivity index (χ0) is 9.97. The molecular weight excluding hydrogens is 200 g/mol. The summed E-state index contributed by atoms with van der Waals surface area (Å²) in [6.07, 6.45) is 6.63. The van der Waals surface area contributed by atoms with Crippen molar-refractivity contribution in [3.8, 4) is 0 Å². The van der Waals surface area contributed by atoms with Gasteiger partial charge in [-0.1, -0.05) is 12.8 Å². The molecule has 0 saturated heterocycles. The molecule has 4 heteroatoms. The second-order valence-corrected chi connectivity index (χ2v) is 4.18. The lowest BCUT2D eigenvalue weighted by Gasteiger charge is -2.21. The minimum absolute atomic E-state index is 0.142. The molecule has 0 bridgehead atoms. The monoisotopic (exact) mass is 214 g/mol. The van der Waals surface area contributed by atoms with Gasteiger partial charge in [-0.15, -0.1) is 0 Å². The summed E-state index contributed by atoms with van der Waals surface area (Å²) in [5.41, 5.74) is 3.83. The van der Waals surface area contributed by atoms with Crippen LogP contribution in [0.1, 0.15) is 37.3 Å². The molecule has 1 unspecified atom stereocenters. The fraction of sp³-hybridized carbons (Fsp3) is 0.600. The Bertz CT molecular complexity index is 294. The third kappa shape index (κ3) is 1.80. The Morgan fingerprint density at radius 1 is 1.50 bits per heavy atom. The van der Waals surface area contributed by atoms with E-state index in [0.717, 1.165) is 5.56 Å². The minimum atomic E-state index is 0.142. The van der Waals surface area contributed by atoms with Crippen molar-refractivity contribution in [2.75, 3.05) is 0 Å². The Labute approximate surface area is 88.6 Å². The zero-order valence-electron chi connectivity index (χ0n) is 8.00. The molecule has 1 aliphatic carbocycles. The van der Waals surface area contributed by atoms with E-state index in [1.165, 1.54) is 25.7 Å². The average Bonchev–Trinajstić information content (AvgIpc) is 2.80. The molecule has 0 amide bonds. The summed E-state index contributed by atoms with van der Waals surface area (Å²) in [7, 11) is 0. The first-order chi connectivity index (χ1) is 6.83. The van der Waals surface area contributed by atoms with Crippen LogP contribution in [0.5, 0.6) is 0 Å². The van der Waals surface area contributed by atoms with Gasteiger partial charge in [-0.3, -0.25) is 11.3 Å². The summed E-state index contributed by atoms with van der Waals surface area (Å²) in [6.45, 7) is 0. The summed E-state index contributed by atoms with van der Waals surface area (Å²) in [5.74, 6) is 6.16. The van der Waals surface area contributed by atoms with Crippen molar-refractivity contribution in [2.45, 2.75) is 31.7 Å². The normalized spacial score (nSPS) is 20.1. The number of hydrogen-bond donors (Lipinski definition) is 2. The molecule has 0 aliphatic heterocycles. The first-order valence-electron chi connectivity index (χ1n) is 5.02. The van der Waals surface area contributed by atoms with Crippen LogP contribution in [-0.2, 0) is 0 Å². The number of halogens is 1. The molecule has 1 heterocycles. The number of nitrogens with one attached hydrogen (secondary N) is 1. The number of furan rings is 1. The van der Waals surface area contributed by atoms with Crippen molar-refractivity contribution in [1.29, 1.82) is 0 Å². The predicted octanol–water partition coefficient (Wildman–Crippen LogP) is 2.63.